The molecule has 1 aromatic carbocycles. The van der Waals surface area contributed by atoms with Gasteiger partial charge in [-0.1, -0.05) is 18.2 Å². The lowest BCUT2D eigenvalue weighted by molar-refractivity contribution is -0.143. The van der Waals surface area contributed by atoms with E-state index < -0.39 is 0 Å². The lowest BCUT2D eigenvalue weighted by Gasteiger charge is -2.47. The zero-order chi connectivity index (χ0) is 14.0. The number of hydrogen-bond donors (Lipinski definition) is 2. The van der Waals surface area contributed by atoms with Gasteiger partial charge in [-0.05, 0) is 6.07 Å². The number of ether oxygens (including phenoxy) is 3. The summed E-state index contributed by atoms with van der Waals surface area (Å²) >= 11 is 0. The van der Waals surface area contributed by atoms with E-state index in [9.17, 15) is 0 Å². The molecular weight excluding hydrogens is 256 g/mol. The van der Waals surface area contributed by atoms with Gasteiger partial charge in [-0.2, -0.15) is 0 Å². The summed E-state index contributed by atoms with van der Waals surface area (Å²) in [6, 6.07) is 8.08. The molecule has 0 spiro atoms. The van der Waals surface area contributed by atoms with Crippen LogP contribution in [-0.4, -0.2) is 32.5 Å². The second-order valence-electron chi connectivity index (χ2n) is 5.48. The summed E-state index contributed by atoms with van der Waals surface area (Å²) < 4.78 is 17.3. The second-order valence-corrected chi connectivity index (χ2v) is 5.48. The van der Waals surface area contributed by atoms with Gasteiger partial charge in [0.25, 0.3) is 0 Å². The first-order valence-corrected chi connectivity index (χ1v) is 7.11. The number of hydrogen-bond acceptors (Lipinski definition) is 5. The predicted octanol–water partition coefficient (Wildman–Crippen LogP) is 1.40. The summed E-state index contributed by atoms with van der Waals surface area (Å²) in [5.74, 6) is 6.92. The maximum absolute atomic E-state index is 5.93. The van der Waals surface area contributed by atoms with Crippen molar-refractivity contribution in [2.45, 2.75) is 24.5 Å². The van der Waals surface area contributed by atoms with E-state index in [4.69, 9.17) is 20.1 Å². The Kier molecular flexibility index (Phi) is 3.94. The first-order valence-electron chi connectivity index (χ1n) is 7.11. The second kappa shape index (κ2) is 5.69. The number of hydrazine groups is 1. The van der Waals surface area contributed by atoms with Gasteiger partial charge in [0.05, 0.1) is 18.2 Å². The van der Waals surface area contributed by atoms with Crippen molar-refractivity contribution in [3.63, 3.8) is 0 Å². The Morgan fingerprint density at radius 2 is 2.05 bits per heavy atom. The van der Waals surface area contributed by atoms with E-state index in [0.717, 1.165) is 37.4 Å². The van der Waals surface area contributed by atoms with Crippen LogP contribution in [0.15, 0.2) is 24.3 Å². The third kappa shape index (κ3) is 2.20. The Labute approximate surface area is 119 Å². The van der Waals surface area contributed by atoms with Crippen molar-refractivity contribution >= 4 is 0 Å². The maximum atomic E-state index is 5.93. The standard InChI is InChI=1S/C15H22N2O3/c1-18-15(6-8-19-9-7-15)12-10-20-13-5-3-2-4-11(13)14(12)17-16/h2-5,12,14,17H,6-10,16H2,1H3. The molecule has 0 aliphatic carbocycles. The van der Waals surface area contributed by atoms with Crippen molar-refractivity contribution in [1.82, 2.24) is 5.43 Å². The molecule has 0 saturated carbocycles. The molecule has 0 aromatic heterocycles. The SMILES string of the molecule is COC1(C2COc3ccccc3C2NN)CCOCC1. The Morgan fingerprint density at radius 3 is 2.75 bits per heavy atom. The van der Waals surface area contributed by atoms with Crippen LogP contribution in [0.2, 0.25) is 0 Å². The Morgan fingerprint density at radius 1 is 1.30 bits per heavy atom. The Bertz CT molecular complexity index is 460. The number of nitrogens with one attached hydrogen (secondary N) is 1. The normalized spacial score (nSPS) is 28.5. The lowest BCUT2D eigenvalue weighted by atomic mass is 9.74. The fourth-order valence-electron chi connectivity index (χ4n) is 3.47. The summed E-state index contributed by atoms with van der Waals surface area (Å²) in [7, 11) is 1.78. The molecule has 1 saturated heterocycles. The summed E-state index contributed by atoms with van der Waals surface area (Å²) in [5.41, 5.74) is 3.84. The monoisotopic (exact) mass is 278 g/mol. The summed E-state index contributed by atoms with van der Waals surface area (Å²) in [5, 5.41) is 0. The summed E-state index contributed by atoms with van der Waals surface area (Å²) in [6.45, 7) is 2.06. The van der Waals surface area contributed by atoms with Crippen molar-refractivity contribution in [3.8, 4) is 5.75 Å². The fraction of sp³-hybridized carbons (Fsp3) is 0.600. The largest absolute Gasteiger partial charge is 0.493 e. The van der Waals surface area contributed by atoms with Gasteiger partial charge in [0, 0.05) is 44.6 Å². The number of rotatable bonds is 3. The van der Waals surface area contributed by atoms with E-state index in [1.165, 1.54) is 0 Å². The van der Waals surface area contributed by atoms with Gasteiger partial charge in [0.15, 0.2) is 0 Å². The van der Waals surface area contributed by atoms with Crippen LogP contribution in [0.4, 0.5) is 0 Å². The lowest BCUT2D eigenvalue weighted by Crippen LogP contribution is -2.54. The van der Waals surface area contributed by atoms with E-state index in [0.29, 0.717) is 6.61 Å². The Hall–Kier alpha value is -1.14. The minimum absolute atomic E-state index is 0.0398. The number of methoxy groups -OCH3 is 1. The maximum Gasteiger partial charge on any atom is 0.124 e. The molecule has 110 valence electrons. The molecule has 20 heavy (non-hydrogen) atoms. The molecule has 0 amide bonds. The number of benzene rings is 1. The average Bonchev–Trinajstić information content (AvgIpc) is 2.54. The van der Waals surface area contributed by atoms with E-state index in [-0.39, 0.29) is 17.6 Å². The van der Waals surface area contributed by atoms with Crippen molar-refractivity contribution in [3.05, 3.63) is 29.8 Å². The molecule has 0 bridgehead atoms. The number of para-hydroxylation sites is 1. The van der Waals surface area contributed by atoms with Crippen LogP contribution in [0, 0.1) is 5.92 Å². The highest BCUT2D eigenvalue weighted by Crippen LogP contribution is 2.44. The van der Waals surface area contributed by atoms with E-state index in [2.05, 4.69) is 11.5 Å². The smallest absolute Gasteiger partial charge is 0.124 e. The molecule has 3 rings (SSSR count). The van der Waals surface area contributed by atoms with E-state index in [1.807, 2.05) is 18.2 Å². The van der Waals surface area contributed by atoms with Crippen LogP contribution in [0.3, 0.4) is 0 Å². The van der Waals surface area contributed by atoms with Crippen molar-refractivity contribution in [2.24, 2.45) is 11.8 Å². The molecule has 0 radical (unpaired) electrons. The molecule has 2 aliphatic heterocycles. The molecule has 1 aromatic rings. The Balaban J connectivity index is 1.93. The van der Waals surface area contributed by atoms with Crippen molar-refractivity contribution < 1.29 is 14.2 Å². The minimum Gasteiger partial charge on any atom is -0.493 e. The highest BCUT2D eigenvalue weighted by atomic mass is 16.5. The minimum atomic E-state index is -0.233. The summed E-state index contributed by atoms with van der Waals surface area (Å²) in [6.07, 6.45) is 1.75. The highest BCUT2D eigenvalue weighted by molar-refractivity contribution is 5.38. The highest BCUT2D eigenvalue weighted by Gasteiger charge is 2.47. The quantitative estimate of drug-likeness (QED) is 0.646. The third-order valence-electron chi connectivity index (χ3n) is 4.68. The molecule has 2 heterocycles. The zero-order valence-corrected chi connectivity index (χ0v) is 11.8. The van der Waals surface area contributed by atoms with Crippen molar-refractivity contribution in [1.29, 1.82) is 0 Å². The van der Waals surface area contributed by atoms with Gasteiger partial charge in [-0.25, -0.2) is 0 Å². The van der Waals surface area contributed by atoms with Crippen LogP contribution < -0.4 is 16.0 Å². The van der Waals surface area contributed by atoms with E-state index >= 15 is 0 Å². The molecule has 2 atom stereocenters. The summed E-state index contributed by atoms with van der Waals surface area (Å²) in [4.78, 5) is 0. The van der Waals surface area contributed by atoms with Gasteiger partial charge in [0.2, 0.25) is 0 Å². The van der Waals surface area contributed by atoms with Crippen LogP contribution in [0.1, 0.15) is 24.4 Å². The van der Waals surface area contributed by atoms with Crippen molar-refractivity contribution in [2.75, 3.05) is 26.9 Å². The first-order chi connectivity index (χ1) is 9.80. The van der Waals surface area contributed by atoms with Crippen LogP contribution in [0.25, 0.3) is 0 Å². The third-order valence-corrected chi connectivity index (χ3v) is 4.68. The average molecular weight is 278 g/mol. The molecule has 5 nitrogen and oxygen atoms in total. The molecule has 5 heteroatoms. The van der Waals surface area contributed by atoms with Gasteiger partial charge in [-0.3, -0.25) is 11.3 Å². The number of nitrogens with two attached hydrogens (primary N) is 1. The first kappa shape index (κ1) is 13.8. The van der Waals surface area contributed by atoms with Gasteiger partial charge < -0.3 is 14.2 Å². The fourth-order valence-corrected chi connectivity index (χ4v) is 3.47. The van der Waals surface area contributed by atoms with Gasteiger partial charge >= 0.3 is 0 Å². The number of fused-ring (bicyclic) bond motifs is 1. The molecular formula is C15H22N2O3. The van der Waals surface area contributed by atoms with Crippen LogP contribution >= 0.6 is 0 Å². The molecule has 3 N–H and O–H groups in total. The predicted molar refractivity (Wildman–Crippen MR) is 75.3 cm³/mol. The molecule has 1 fully saturated rings. The molecule has 2 unspecified atom stereocenters. The van der Waals surface area contributed by atoms with Crippen LogP contribution in [-0.2, 0) is 9.47 Å². The topological polar surface area (TPSA) is 65.7 Å². The van der Waals surface area contributed by atoms with Gasteiger partial charge in [-0.15, -0.1) is 0 Å². The zero-order valence-electron chi connectivity index (χ0n) is 11.8. The van der Waals surface area contributed by atoms with Gasteiger partial charge in [0.1, 0.15) is 5.75 Å². The van der Waals surface area contributed by atoms with E-state index in [1.54, 1.807) is 7.11 Å². The molecule has 2 aliphatic rings. The van der Waals surface area contributed by atoms with Crippen LogP contribution in [0.5, 0.6) is 5.75 Å².